The largest absolute Gasteiger partial charge is 0.744 e. The van der Waals surface area contributed by atoms with Gasteiger partial charge in [0, 0.05) is 7.14 Å². The molecule has 0 aromatic heterocycles. The van der Waals surface area contributed by atoms with Crippen molar-refractivity contribution in [3.8, 4) is 0 Å². The van der Waals surface area contributed by atoms with E-state index in [-0.39, 0.29) is 11.1 Å². The molecule has 24 heavy (non-hydrogen) atoms. The molecule has 0 aliphatic carbocycles. The van der Waals surface area contributed by atoms with Gasteiger partial charge in [-0.3, -0.25) is 0 Å². The first kappa shape index (κ1) is 19.8. The highest BCUT2D eigenvalue weighted by Gasteiger charge is 2.10. The van der Waals surface area contributed by atoms with Crippen LogP contribution in [-0.4, -0.2) is 25.9 Å². The Labute approximate surface area is 166 Å². The van der Waals surface area contributed by atoms with E-state index in [2.05, 4.69) is 0 Å². The monoisotopic (exact) mass is 590 g/mol. The Morgan fingerprint density at radius 3 is 1.33 bits per heavy atom. The van der Waals surface area contributed by atoms with Gasteiger partial charge in [-0.05, 0) is 80.6 Å². The van der Waals surface area contributed by atoms with Crippen molar-refractivity contribution >= 4 is 77.6 Å². The summed E-state index contributed by atoms with van der Waals surface area (Å²) in [6.45, 7) is 0. The zero-order chi connectivity index (χ0) is 18.1. The summed E-state index contributed by atoms with van der Waals surface area (Å²) in [7, 11) is -9.39. The molecule has 0 saturated carbocycles. The molecule has 0 heterocycles. The second-order valence-electron chi connectivity index (χ2n) is 4.61. The van der Waals surface area contributed by atoms with Gasteiger partial charge >= 0.3 is 0 Å². The van der Waals surface area contributed by atoms with Crippen molar-refractivity contribution in [3.63, 3.8) is 0 Å². The fourth-order valence-electron chi connectivity index (χ4n) is 1.90. The van der Waals surface area contributed by atoms with E-state index in [9.17, 15) is 25.9 Å². The van der Waals surface area contributed by atoms with Crippen molar-refractivity contribution in [2.45, 2.75) is 9.79 Å². The highest BCUT2D eigenvalue weighted by molar-refractivity contribution is 14.1. The molecular weight excluding hydrogens is 582 g/mol. The summed E-state index contributed by atoms with van der Waals surface area (Å²) < 4.78 is 69.2. The molecule has 0 fully saturated rings. The van der Waals surface area contributed by atoms with Crippen molar-refractivity contribution in [1.82, 2.24) is 0 Å². The third kappa shape index (κ3) is 4.98. The second-order valence-corrected chi connectivity index (χ2v) is 9.79. The lowest BCUT2D eigenvalue weighted by Gasteiger charge is -2.12. The fraction of sp³-hybridized carbons (Fsp3) is 0. The molecule has 0 aliphatic rings. The maximum atomic E-state index is 11.3. The Bertz CT molecular complexity index is 944. The summed E-state index contributed by atoms with van der Waals surface area (Å²) in [6.07, 6.45) is 2.58. The zero-order valence-corrected chi connectivity index (χ0v) is 17.6. The van der Waals surface area contributed by atoms with Gasteiger partial charge in [-0.2, -0.15) is 0 Å². The Balaban J connectivity index is 2.59. The minimum Gasteiger partial charge on any atom is -0.744 e. The van der Waals surface area contributed by atoms with Gasteiger partial charge < -0.3 is 9.11 Å². The van der Waals surface area contributed by atoms with Crippen molar-refractivity contribution in [2.24, 2.45) is 0 Å². The average molecular weight is 590 g/mol. The molecule has 0 aliphatic heterocycles. The maximum absolute atomic E-state index is 11.3. The predicted molar refractivity (Wildman–Crippen MR) is 103 cm³/mol. The lowest BCUT2D eigenvalue weighted by molar-refractivity contribution is 0.460. The van der Waals surface area contributed by atoms with Gasteiger partial charge in [0.25, 0.3) is 0 Å². The summed E-state index contributed by atoms with van der Waals surface area (Å²) in [6, 6.07) is 8.52. The fourth-order valence-corrected chi connectivity index (χ4v) is 4.70. The van der Waals surface area contributed by atoms with Crippen molar-refractivity contribution < 1.29 is 25.9 Å². The lowest BCUT2D eigenvalue weighted by atomic mass is 10.1. The smallest absolute Gasteiger partial charge is 0.125 e. The lowest BCUT2D eigenvalue weighted by Crippen LogP contribution is -2.03. The van der Waals surface area contributed by atoms with E-state index < -0.39 is 30.0 Å². The molecule has 0 amide bonds. The van der Waals surface area contributed by atoms with E-state index in [1.165, 1.54) is 36.4 Å². The highest BCUT2D eigenvalue weighted by Crippen LogP contribution is 2.24. The molecule has 2 rings (SSSR count). The van der Waals surface area contributed by atoms with E-state index in [0.717, 1.165) is 0 Å². The molecule has 0 N–H and O–H groups in total. The van der Waals surface area contributed by atoms with Gasteiger partial charge in [0.15, 0.2) is 0 Å². The minimum absolute atomic E-state index is 0.109. The van der Waals surface area contributed by atoms with Gasteiger partial charge in [0.1, 0.15) is 20.2 Å². The summed E-state index contributed by atoms with van der Waals surface area (Å²) in [5.74, 6) is 0. The summed E-state index contributed by atoms with van der Waals surface area (Å²) in [5.41, 5.74) is 0.219. The van der Waals surface area contributed by atoms with Crippen molar-refractivity contribution in [1.29, 1.82) is 0 Å². The average Bonchev–Trinajstić information content (AvgIpc) is 2.45. The first-order valence-electron chi connectivity index (χ1n) is 6.17. The van der Waals surface area contributed by atoms with Gasteiger partial charge in [-0.1, -0.05) is 24.3 Å². The molecular formula is C14H8I2O6S2-2. The molecule has 0 atom stereocenters. The molecule has 0 radical (unpaired) electrons. The van der Waals surface area contributed by atoms with Crippen LogP contribution in [0.5, 0.6) is 0 Å². The Morgan fingerprint density at radius 2 is 1.04 bits per heavy atom. The van der Waals surface area contributed by atoms with Crippen LogP contribution in [0.1, 0.15) is 11.1 Å². The van der Waals surface area contributed by atoms with Crippen LogP contribution in [0.4, 0.5) is 0 Å². The Hall–Kier alpha value is -0.540. The van der Waals surface area contributed by atoms with Crippen molar-refractivity contribution in [2.75, 3.05) is 0 Å². The molecule has 10 heteroatoms. The van der Waals surface area contributed by atoms with Crippen molar-refractivity contribution in [3.05, 3.63) is 54.7 Å². The van der Waals surface area contributed by atoms with Crippen LogP contribution in [-0.2, 0) is 20.2 Å². The van der Waals surface area contributed by atoms with Crippen LogP contribution in [0.3, 0.4) is 0 Å². The zero-order valence-electron chi connectivity index (χ0n) is 11.6. The topological polar surface area (TPSA) is 114 Å². The van der Waals surface area contributed by atoms with Crippen LogP contribution in [0.25, 0.3) is 12.2 Å². The molecule has 0 spiro atoms. The summed E-state index contributed by atoms with van der Waals surface area (Å²) >= 11 is 3.75. The van der Waals surface area contributed by atoms with E-state index in [1.807, 2.05) is 45.2 Å². The number of halogens is 2. The van der Waals surface area contributed by atoms with Crippen LogP contribution in [0.15, 0.2) is 46.2 Å². The summed E-state index contributed by atoms with van der Waals surface area (Å²) in [5, 5.41) is 0. The van der Waals surface area contributed by atoms with Gasteiger partial charge in [0.05, 0.1) is 9.79 Å². The minimum atomic E-state index is -4.69. The second kappa shape index (κ2) is 7.37. The van der Waals surface area contributed by atoms with Crippen LogP contribution in [0, 0.1) is 7.14 Å². The normalized spacial score (nSPS) is 12.7. The van der Waals surface area contributed by atoms with E-state index >= 15 is 0 Å². The molecule has 2 aromatic rings. The summed E-state index contributed by atoms with van der Waals surface area (Å²) in [4.78, 5) is -0.828. The highest BCUT2D eigenvalue weighted by atomic mass is 127. The van der Waals surface area contributed by atoms with Crippen LogP contribution >= 0.6 is 45.2 Å². The third-order valence-electron chi connectivity index (χ3n) is 2.93. The van der Waals surface area contributed by atoms with E-state index in [0.29, 0.717) is 7.14 Å². The SMILES string of the molecule is O=S(=O)([O-])c1cc(I)ccc1C=Cc1ccc(I)cc1S(=O)(=O)[O-]. The van der Waals surface area contributed by atoms with E-state index in [4.69, 9.17) is 0 Å². The molecule has 0 bridgehead atoms. The third-order valence-corrected chi connectivity index (χ3v) is 6.06. The standard InChI is InChI=1S/C14H10I2O6S2/c15-11-5-3-9(13(7-11)23(17,18)19)1-2-10-4-6-12(16)8-14(10)24(20,21)22/h1-8H,(H,17,18,19)(H,20,21,22)/p-2. The number of hydrogen-bond donors (Lipinski definition) is 0. The van der Waals surface area contributed by atoms with Crippen LogP contribution in [0.2, 0.25) is 0 Å². The molecule has 0 unspecified atom stereocenters. The Morgan fingerprint density at radius 1 is 0.708 bits per heavy atom. The molecule has 6 nitrogen and oxygen atoms in total. The number of rotatable bonds is 4. The number of benzene rings is 2. The van der Waals surface area contributed by atoms with Gasteiger partial charge in [-0.15, -0.1) is 0 Å². The maximum Gasteiger partial charge on any atom is 0.125 e. The Kier molecular flexibility index (Phi) is 6.08. The first-order valence-corrected chi connectivity index (χ1v) is 11.1. The van der Waals surface area contributed by atoms with Gasteiger partial charge in [0.2, 0.25) is 0 Å². The quantitative estimate of drug-likeness (QED) is 0.308. The van der Waals surface area contributed by atoms with Gasteiger partial charge in [-0.25, -0.2) is 16.8 Å². The van der Waals surface area contributed by atoms with E-state index in [1.54, 1.807) is 12.1 Å². The first-order chi connectivity index (χ1) is 11.0. The molecule has 2 aromatic carbocycles. The predicted octanol–water partition coefficient (Wildman–Crippen LogP) is 2.87. The van der Waals surface area contributed by atoms with Crippen LogP contribution < -0.4 is 0 Å². The number of hydrogen-bond acceptors (Lipinski definition) is 6. The molecule has 0 saturated heterocycles. The molecule has 128 valence electrons.